The molecule has 0 saturated heterocycles. The summed E-state index contributed by atoms with van der Waals surface area (Å²) >= 11 is 1.35. The molecule has 0 spiro atoms. The first-order chi connectivity index (χ1) is 9.81. The molecule has 2 rings (SSSR count). The first kappa shape index (κ1) is 15.4. The van der Waals surface area contributed by atoms with Crippen molar-refractivity contribution >= 4 is 33.0 Å². The van der Waals surface area contributed by atoms with Gasteiger partial charge in [0.25, 0.3) is 0 Å². The van der Waals surface area contributed by atoms with Crippen molar-refractivity contribution in [3.05, 3.63) is 39.8 Å². The first-order valence-corrected chi connectivity index (χ1v) is 8.19. The molecular formula is C12H13N3O4S2. The highest BCUT2D eigenvalue weighted by Crippen LogP contribution is 2.21. The molecule has 0 fully saturated rings. The molecule has 0 unspecified atom stereocenters. The number of hydrogen-bond acceptors (Lipinski definition) is 6. The van der Waals surface area contributed by atoms with Crippen LogP contribution in [0.25, 0.3) is 0 Å². The van der Waals surface area contributed by atoms with E-state index in [1.165, 1.54) is 23.5 Å². The Morgan fingerprint density at radius 2 is 2.19 bits per heavy atom. The van der Waals surface area contributed by atoms with Crippen molar-refractivity contribution in [2.24, 2.45) is 0 Å². The number of nitrogens with zero attached hydrogens (tertiary/aromatic N) is 1. The normalized spacial score (nSPS) is 11.5. The van der Waals surface area contributed by atoms with Gasteiger partial charge in [0.05, 0.1) is 22.5 Å². The summed E-state index contributed by atoms with van der Waals surface area (Å²) in [5.74, 6) is -1.17. The van der Waals surface area contributed by atoms with Gasteiger partial charge >= 0.3 is 5.97 Å². The molecule has 0 aliphatic heterocycles. The van der Waals surface area contributed by atoms with Crippen LogP contribution in [0.15, 0.2) is 28.6 Å². The molecule has 0 radical (unpaired) electrons. The maximum atomic E-state index is 12.2. The molecule has 4 N–H and O–H groups in total. The Bertz CT molecular complexity index is 784. The molecule has 112 valence electrons. The van der Waals surface area contributed by atoms with Crippen LogP contribution >= 0.6 is 11.3 Å². The second-order valence-electron chi connectivity index (χ2n) is 4.24. The molecule has 9 heteroatoms. The molecule has 1 aromatic heterocycles. The highest BCUT2D eigenvalue weighted by molar-refractivity contribution is 7.89. The molecule has 2 aromatic rings. The zero-order chi connectivity index (χ0) is 15.6. The number of nitrogen functional groups attached to an aromatic ring is 1. The number of aromatic carboxylic acids is 1. The summed E-state index contributed by atoms with van der Waals surface area (Å²) in [7, 11) is -3.82. The van der Waals surface area contributed by atoms with Crippen molar-refractivity contribution in [2.45, 2.75) is 18.4 Å². The van der Waals surface area contributed by atoms with Gasteiger partial charge in [0, 0.05) is 11.4 Å². The van der Waals surface area contributed by atoms with Gasteiger partial charge in [0.1, 0.15) is 4.90 Å². The number of aryl methyl sites for hydroxylation is 1. The van der Waals surface area contributed by atoms with Crippen molar-refractivity contribution in [2.75, 3.05) is 5.73 Å². The lowest BCUT2D eigenvalue weighted by atomic mass is 10.2. The van der Waals surface area contributed by atoms with Gasteiger partial charge in [-0.3, -0.25) is 0 Å². The molecule has 0 bridgehead atoms. The van der Waals surface area contributed by atoms with Gasteiger partial charge in [-0.2, -0.15) is 0 Å². The van der Waals surface area contributed by atoms with E-state index in [0.717, 1.165) is 16.6 Å². The smallest absolute Gasteiger partial charge is 0.335 e. The van der Waals surface area contributed by atoms with Gasteiger partial charge in [-0.25, -0.2) is 22.9 Å². The SMILES string of the molecule is Cc1ncsc1CNS(=O)(=O)c1ccc(C(=O)O)cc1N. The maximum absolute atomic E-state index is 12.2. The summed E-state index contributed by atoms with van der Waals surface area (Å²) in [5, 5.41) is 8.84. The van der Waals surface area contributed by atoms with Gasteiger partial charge in [0.15, 0.2) is 0 Å². The van der Waals surface area contributed by atoms with Gasteiger partial charge in [0.2, 0.25) is 10.0 Å². The number of carboxylic acids is 1. The van der Waals surface area contributed by atoms with Crippen LogP contribution in [0.5, 0.6) is 0 Å². The molecule has 0 aliphatic carbocycles. The largest absolute Gasteiger partial charge is 0.478 e. The molecule has 0 saturated carbocycles. The lowest BCUT2D eigenvalue weighted by molar-refractivity contribution is 0.0697. The number of rotatable bonds is 5. The van der Waals surface area contributed by atoms with Gasteiger partial charge in [-0.15, -0.1) is 11.3 Å². The van der Waals surface area contributed by atoms with E-state index in [0.29, 0.717) is 0 Å². The Hall–Kier alpha value is -1.97. The highest BCUT2D eigenvalue weighted by Gasteiger charge is 2.19. The molecule has 0 atom stereocenters. The van der Waals surface area contributed by atoms with Crippen LogP contribution in [-0.4, -0.2) is 24.5 Å². The molecule has 0 amide bonds. The lowest BCUT2D eigenvalue weighted by Gasteiger charge is -2.09. The summed E-state index contributed by atoms with van der Waals surface area (Å²) < 4.78 is 26.8. The van der Waals surface area contributed by atoms with Crippen molar-refractivity contribution < 1.29 is 18.3 Å². The quantitative estimate of drug-likeness (QED) is 0.709. The third-order valence-corrected chi connectivity index (χ3v) is 5.22. The minimum atomic E-state index is -3.82. The van der Waals surface area contributed by atoms with Gasteiger partial charge in [-0.1, -0.05) is 0 Å². The summed E-state index contributed by atoms with van der Waals surface area (Å²) in [6, 6.07) is 3.50. The summed E-state index contributed by atoms with van der Waals surface area (Å²) in [6.07, 6.45) is 0. The minimum Gasteiger partial charge on any atom is -0.478 e. The number of nitrogens with one attached hydrogen (secondary N) is 1. The topological polar surface area (TPSA) is 122 Å². The van der Waals surface area contributed by atoms with E-state index in [-0.39, 0.29) is 22.7 Å². The average molecular weight is 327 g/mol. The van der Waals surface area contributed by atoms with Gasteiger partial charge in [-0.05, 0) is 25.1 Å². The Morgan fingerprint density at radius 1 is 1.48 bits per heavy atom. The Labute approximate surface area is 125 Å². The van der Waals surface area contributed by atoms with Crippen LogP contribution < -0.4 is 10.5 Å². The van der Waals surface area contributed by atoms with E-state index >= 15 is 0 Å². The van der Waals surface area contributed by atoms with E-state index in [2.05, 4.69) is 9.71 Å². The van der Waals surface area contributed by atoms with Crippen molar-refractivity contribution in [3.63, 3.8) is 0 Å². The van der Waals surface area contributed by atoms with Gasteiger partial charge < -0.3 is 10.8 Å². The number of thiazole rings is 1. The first-order valence-electron chi connectivity index (χ1n) is 5.82. The zero-order valence-electron chi connectivity index (χ0n) is 11.0. The van der Waals surface area contributed by atoms with Crippen LogP contribution in [0.4, 0.5) is 5.69 Å². The Kier molecular flexibility index (Phi) is 4.26. The predicted octanol–water partition coefficient (Wildman–Crippen LogP) is 1.21. The third-order valence-electron chi connectivity index (χ3n) is 2.81. The number of hydrogen-bond donors (Lipinski definition) is 3. The van der Waals surface area contributed by atoms with Crippen molar-refractivity contribution in [3.8, 4) is 0 Å². The maximum Gasteiger partial charge on any atom is 0.335 e. The highest BCUT2D eigenvalue weighted by atomic mass is 32.2. The van der Waals surface area contributed by atoms with E-state index < -0.39 is 16.0 Å². The Balaban J connectivity index is 2.23. The number of sulfonamides is 1. The van der Waals surface area contributed by atoms with Crippen LogP contribution in [0.3, 0.4) is 0 Å². The molecule has 0 aliphatic rings. The van der Waals surface area contributed by atoms with E-state index in [1.54, 1.807) is 12.4 Å². The summed E-state index contributed by atoms with van der Waals surface area (Å²) in [4.78, 5) is 15.5. The summed E-state index contributed by atoms with van der Waals surface area (Å²) in [6.45, 7) is 1.90. The molecule has 21 heavy (non-hydrogen) atoms. The van der Waals surface area contributed by atoms with Crippen LogP contribution in [0, 0.1) is 6.92 Å². The summed E-state index contributed by atoms with van der Waals surface area (Å²) in [5.41, 5.74) is 7.85. The zero-order valence-corrected chi connectivity index (χ0v) is 12.7. The number of aromatic nitrogens is 1. The number of nitrogens with two attached hydrogens (primary N) is 1. The second kappa shape index (κ2) is 5.80. The monoisotopic (exact) mass is 327 g/mol. The van der Waals surface area contributed by atoms with Crippen molar-refractivity contribution in [1.82, 2.24) is 9.71 Å². The van der Waals surface area contributed by atoms with Crippen LogP contribution in [0.2, 0.25) is 0 Å². The molecule has 1 aromatic carbocycles. The second-order valence-corrected chi connectivity index (χ2v) is 6.92. The van der Waals surface area contributed by atoms with E-state index in [9.17, 15) is 13.2 Å². The number of carboxylic acid groups (broad SMARTS) is 1. The molecule has 7 nitrogen and oxygen atoms in total. The van der Waals surface area contributed by atoms with Crippen LogP contribution in [0.1, 0.15) is 20.9 Å². The third kappa shape index (κ3) is 3.38. The van der Waals surface area contributed by atoms with E-state index in [4.69, 9.17) is 10.8 Å². The lowest BCUT2D eigenvalue weighted by Crippen LogP contribution is -2.24. The van der Waals surface area contributed by atoms with Crippen molar-refractivity contribution in [1.29, 1.82) is 0 Å². The van der Waals surface area contributed by atoms with Crippen LogP contribution in [-0.2, 0) is 16.6 Å². The number of benzene rings is 1. The average Bonchev–Trinajstić information content (AvgIpc) is 2.81. The fourth-order valence-corrected chi connectivity index (χ4v) is 3.57. The van der Waals surface area contributed by atoms with E-state index in [1.807, 2.05) is 0 Å². The number of carbonyl (C=O) groups is 1. The molecular weight excluding hydrogens is 314 g/mol. The Morgan fingerprint density at radius 3 is 2.71 bits per heavy atom. The standard InChI is InChI=1S/C12H13N3O4S2/c1-7-10(20-6-14-7)5-15-21(18,19)11-3-2-8(12(16)17)4-9(11)13/h2-4,6,15H,5,13H2,1H3,(H,16,17). The predicted molar refractivity (Wildman–Crippen MR) is 78.7 cm³/mol. The number of anilines is 1. The molecule has 1 heterocycles. The minimum absolute atomic E-state index is 0.0650. The fourth-order valence-electron chi connectivity index (χ4n) is 1.66. The fraction of sp³-hybridized carbons (Fsp3) is 0.167.